The third-order valence-corrected chi connectivity index (χ3v) is 4.60. The van der Waals surface area contributed by atoms with Gasteiger partial charge in [0.1, 0.15) is 0 Å². The van der Waals surface area contributed by atoms with Crippen molar-refractivity contribution in [2.24, 2.45) is 0 Å². The Hall–Kier alpha value is -3.19. The number of carbonyl (C=O) groups is 1. The van der Waals surface area contributed by atoms with Gasteiger partial charge in [0.2, 0.25) is 0 Å². The molecule has 4 rings (SSSR count). The lowest BCUT2D eigenvalue weighted by molar-refractivity contribution is -0.110. The Morgan fingerprint density at radius 3 is 1.76 bits per heavy atom. The van der Waals surface area contributed by atoms with E-state index in [9.17, 15) is 4.79 Å². The number of aryl methyl sites for hydroxylation is 1. The Morgan fingerprint density at radius 2 is 1.16 bits per heavy atom. The number of hydrogen-bond acceptors (Lipinski definition) is 1. The summed E-state index contributed by atoms with van der Waals surface area (Å²) in [5.41, 5.74) is 6.97. The highest BCUT2D eigenvalue weighted by molar-refractivity contribution is 6.51. The first-order chi connectivity index (χ1) is 12.3. The SMILES string of the molecule is Cc1ccccc1/C=C1/C(=O)C(c2ccccc2)=C1c1ccccc1. The van der Waals surface area contributed by atoms with Gasteiger partial charge in [-0.25, -0.2) is 0 Å². The molecule has 0 unspecified atom stereocenters. The van der Waals surface area contributed by atoms with Crippen LogP contribution in [0.3, 0.4) is 0 Å². The zero-order valence-electron chi connectivity index (χ0n) is 14.1. The van der Waals surface area contributed by atoms with Crippen molar-refractivity contribution in [3.05, 3.63) is 113 Å². The van der Waals surface area contributed by atoms with Crippen molar-refractivity contribution in [1.82, 2.24) is 0 Å². The number of benzene rings is 3. The summed E-state index contributed by atoms with van der Waals surface area (Å²) in [4.78, 5) is 12.9. The fourth-order valence-corrected chi connectivity index (χ4v) is 3.26. The molecule has 1 aliphatic rings. The van der Waals surface area contributed by atoms with E-state index in [0.29, 0.717) is 0 Å². The second kappa shape index (κ2) is 6.37. The Morgan fingerprint density at radius 1 is 0.640 bits per heavy atom. The Labute approximate surface area is 148 Å². The molecule has 0 bridgehead atoms. The van der Waals surface area contributed by atoms with E-state index in [-0.39, 0.29) is 5.78 Å². The van der Waals surface area contributed by atoms with Crippen molar-refractivity contribution in [3.63, 3.8) is 0 Å². The molecule has 1 heteroatoms. The molecule has 0 saturated heterocycles. The predicted octanol–water partition coefficient (Wildman–Crippen LogP) is 5.57. The molecule has 0 radical (unpaired) electrons. The summed E-state index contributed by atoms with van der Waals surface area (Å²) in [6.07, 6.45) is 2.02. The summed E-state index contributed by atoms with van der Waals surface area (Å²) < 4.78 is 0. The second-order valence-electron chi connectivity index (χ2n) is 6.23. The molecule has 1 aliphatic carbocycles. The van der Waals surface area contributed by atoms with Crippen LogP contribution < -0.4 is 0 Å². The minimum absolute atomic E-state index is 0.119. The van der Waals surface area contributed by atoms with Crippen molar-refractivity contribution in [2.75, 3.05) is 0 Å². The summed E-state index contributed by atoms with van der Waals surface area (Å²) >= 11 is 0. The van der Waals surface area contributed by atoms with Crippen molar-refractivity contribution in [2.45, 2.75) is 6.92 Å². The van der Waals surface area contributed by atoms with E-state index in [2.05, 4.69) is 31.2 Å². The van der Waals surface area contributed by atoms with E-state index in [1.165, 1.54) is 5.56 Å². The average molecular weight is 322 g/mol. The number of carbonyl (C=O) groups excluding carboxylic acids is 1. The largest absolute Gasteiger partial charge is 0.289 e. The molecule has 0 saturated carbocycles. The summed E-state index contributed by atoms with van der Waals surface area (Å²) in [5.74, 6) is 0.119. The zero-order valence-corrected chi connectivity index (χ0v) is 14.1. The van der Waals surface area contributed by atoms with Crippen LogP contribution in [0.2, 0.25) is 0 Å². The van der Waals surface area contributed by atoms with E-state index < -0.39 is 0 Å². The summed E-state index contributed by atoms with van der Waals surface area (Å²) in [7, 11) is 0. The maximum Gasteiger partial charge on any atom is 0.194 e. The van der Waals surface area contributed by atoms with Crippen LogP contribution in [0.5, 0.6) is 0 Å². The van der Waals surface area contributed by atoms with Crippen LogP contribution in [0.4, 0.5) is 0 Å². The van der Waals surface area contributed by atoms with Crippen LogP contribution in [0.15, 0.2) is 90.5 Å². The summed E-state index contributed by atoms with van der Waals surface area (Å²) in [5, 5.41) is 0. The molecule has 1 nitrogen and oxygen atoms in total. The number of hydrogen-bond donors (Lipinski definition) is 0. The second-order valence-corrected chi connectivity index (χ2v) is 6.23. The standard InChI is InChI=1S/C24H18O/c1-17-10-8-9-15-20(17)16-21-22(18-11-4-2-5-12-18)23(24(21)25)19-13-6-3-7-14-19/h2-16H,1H3/b21-16+. The Balaban J connectivity index is 1.91. The summed E-state index contributed by atoms with van der Waals surface area (Å²) in [6.45, 7) is 2.07. The minimum Gasteiger partial charge on any atom is -0.289 e. The van der Waals surface area contributed by atoms with Gasteiger partial charge >= 0.3 is 0 Å². The molecule has 0 aromatic heterocycles. The van der Waals surface area contributed by atoms with Crippen molar-refractivity contribution < 1.29 is 4.79 Å². The van der Waals surface area contributed by atoms with Crippen molar-refractivity contribution >= 4 is 23.0 Å². The quantitative estimate of drug-likeness (QED) is 0.576. The maximum absolute atomic E-state index is 12.9. The fraction of sp³-hybridized carbons (Fsp3) is 0.0417. The molecule has 0 heterocycles. The van der Waals surface area contributed by atoms with E-state index in [4.69, 9.17) is 0 Å². The molecular weight excluding hydrogens is 304 g/mol. The fourth-order valence-electron chi connectivity index (χ4n) is 3.26. The molecule has 0 N–H and O–H groups in total. The topological polar surface area (TPSA) is 17.1 Å². The van der Waals surface area contributed by atoms with Crippen LogP contribution in [0.1, 0.15) is 22.3 Å². The van der Waals surface area contributed by atoms with E-state index in [1.54, 1.807) is 0 Å². The predicted molar refractivity (Wildman–Crippen MR) is 104 cm³/mol. The third-order valence-electron chi connectivity index (χ3n) is 4.60. The molecule has 120 valence electrons. The molecule has 0 aliphatic heterocycles. The van der Waals surface area contributed by atoms with Crippen LogP contribution in [0, 0.1) is 6.92 Å². The molecule has 0 amide bonds. The number of allylic oxidation sites excluding steroid dienone is 3. The molecular formula is C24H18O. The first-order valence-corrected chi connectivity index (χ1v) is 8.43. The Kier molecular flexibility index (Phi) is 3.91. The average Bonchev–Trinajstić information content (AvgIpc) is 2.66. The molecule has 3 aromatic carbocycles. The summed E-state index contributed by atoms with van der Waals surface area (Å²) in [6, 6.07) is 28.2. The highest BCUT2D eigenvalue weighted by atomic mass is 16.1. The first-order valence-electron chi connectivity index (χ1n) is 8.43. The lowest BCUT2D eigenvalue weighted by Gasteiger charge is -2.27. The number of rotatable bonds is 3. The van der Waals surface area contributed by atoms with Gasteiger partial charge in [-0.2, -0.15) is 0 Å². The van der Waals surface area contributed by atoms with Crippen LogP contribution in [-0.4, -0.2) is 5.78 Å². The highest BCUT2D eigenvalue weighted by Crippen LogP contribution is 2.44. The van der Waals surface area contributed by atoms with Gasteiger partial charge in [-0.3, -0.25) is 4.79 Å². The van der Waals surface area contributed by atoms with E-state index >= 15 is 0 Å². The number of Topliss-reactive ketones (excluding diaryl/α,β-unsaturated/α-hetero) is 1. The maximum atomic E-state index is 12.9. The lowest BCUT2D eigenvalue weighted by Crippen LogP contribution is -2.20. The van der Waals surface area contributed by atoms with Gasteiger partial charge in [0.05, 0.1) is 0 Å². The van der Waals surface area contributed by atoms with Gasteiger partial charge in [-0.15, -0.1) is 0 Å². The van der Waals surface area contributed by atoms with Crippen LogP contribution >= 0.6 is 0 Å². The van der Waals surface area contributed by atoms with E-state index in [0.717, 1.165) is 33.4 Å². The smallest absolute Gasteiger partial charge is 0.194 e. The van der Waals surface area contributed by atoms with Crippen LogP contribution in [-0.2, 0) is 4.79 Å². The number of ketones is 1. The minimum atomic E-state index is 0.119. The van der Waals surface area contributed by atoms with E-state index in [1.807, 2.05) is 66.7 Å². The van der Waals surface area contributed by atoms with Crippen LogP contribution in [0.25, 0.3) is 17.2 Å². The molecule has 25 heavy (non-hydrogen) atoms. The Bertz CT molecular complexity index is 993. The zero-order chi connectivity index (χ0) is 17.2. The molecule has 3 aromatic rings. The van der Waals surface area contributed by atoms with Gasteiger partial charge in [-0.05, 0) is 35.3 Å². The van der Waals surface area contributed by atoms with Gasteiger partial charge in [0.15, 0.2) is 5.78 Å². The van der Waals surface area contributed by atoms with Crippen molar-refractivity contribution in [1.29, 1.82) is 0 Å². The molecule has 0 fully saturated rings. The van der Waals surface area contributed by atoms with Gasteiger partial charge in [0, 0.05) is 16.7 Å². The molecule has 0 atom stereocenters. The van der Waals surface area contributed by atoms with Gasteiger partial charge < -0.3 is 0 Å². The van der Waals surface area contributed by atoms with Gasteiger partial charge in [0.25, 0.3) is 0 Å². The van der Waals surface area contributed by atoms with Crippen molar-refractivity contribution in [3.8, 4) is 0 Å². The molecule has 0 spiro atoms. The lowest BCUT2D eigenvalue weighted by atomic mass is 9.74. The monoisotopic (exact) mass is 322 g/mol. The first kappa shape index (κ1) is 15.3. The normalized spacial score (nSPS) is 15.4. The third kappa shape index (κ3) is 2.74. The highest BCUT2D eigenvalue weighted by Gasteiger charge is 2.34. The van der Waals surface area contributed by atoms with Gasteiger partial charge in [-0.1, -0.05) is 84.9 Å².